The van der Waals surface area contributed by atoms with Crippen LogP contribution in [0.5, 0.6) is 5.88 Å². The number of nitrogens with zero attached hydrogens (tertiary/aromatic N) is 5. The van der Waals surface area contributed by atoms with Gasteiger partial charge in [0.15, 0.2) is 5.82 Å². The zero-order chi connectivity index (χ0) is 23.9. The van der Waals surface area contributed by atoms with Gasteiger partial charge >= 0.3 is 0 Å². The van der Waals surface area contributed by atoms with Crippen molar-refractivity contribution in [2.24, 2.45) is 0 Å². The van der Waals surface area contributed by atoms with E-state index >= 15 is 4.39 Å². The lowest BCUT2D eigenvalue weighted by atomic mass is 9.86. The largest absolute Gasteiger partial charge is 0.481 e. The SMILES string of the molecule is COc1cc(C(C)(F)C(=O)N2CC[C@@]3(CCc4cc(-c5ncccn5)c(C)nc4N3)C2)ccn1. The van der Waals surface area contributed by atoms with E-state index in [1.54, 1.807) is 23.4 Å². The molecule has 1 unspecified atom stereocenters. The van der Waals surface area contributed by atoms with Gasteiger partial charge in [-0.25, -0.2) is 24.3 Å². The maximum Gasteiger partial charge on any atom is 0.264 e. The number of methoxy groups -OCH3 is 1. The highest BCUT2D eigenvalue weighted by molar-refractivity contribution is 5.86. The fourth-order valence-electron chi connectivity index (χ4n) is 4.88. The highest BCUT2D eigenvalue weighted by atomic mass is 19.1. The predicted molar refractivity (Wildman–Crippen MR) is 125 cm³/mol. The van der Waals surface area contributed by atoms with Gasteiger partial charge in [0, 0.05) is 48.9 Å². The van der Waals surface area contributed by atoms with Crippen LogP contribution in [-0.4, -0.2) is 56.5 Å². The number of alkyl halides is 1. The van der Waals surface area contributed by atoms with Crippen LogP contribution < -0.4 is 10.1 Å². The quantitative estimate of drug-likeness (QED) is 0.635. The van der Waals surface area contributed by atoms with Crippen molar-refractivity contribution in [2.75, 3.05) is 25.5 Å². The number of halogens is 1. The van der Waals surface area contributed by atoms with E-state index in [2.05, 4.69) is 26.3 Å². The van der Waals surface area contributed by atoms with E-state index in [-0.39, 0.29) is 17.0 Å². The molecule has 3 aromatic rings. The van der Waals surface area contributed by atoms with Crippen LogP contribution in [-0.2, 0) is 16.9 Å². The Bertz CT molecular complexity index is 1240. The molecule has 1 N–H and O–H groups in total. The zero-order valence-corrected chi connectivity index (χ0v) is 19.5. The van der Waals surface area contributed by atoms with E-state index in [9.17, 15) is 4.79 Å². The lowest BCUT2D eigenvalue weighted by Gasteiger charge is -2.37. The second-order valence-electron chi connectivity index (χ2n) is 9.17. The molecule has 1 fully saturated rings. The van der Waals surface area contributed by atoms with E-state index in [1.807, 2.05) is 6.92 Å². The molecule has 0 aromatic carbocycles. The molecule has 3 aromatic heterocycles. The lowest BCUT2D eigenvalue weighted by molar-refractivity contribution is -0.142. The number of rotatable bonds is 4. The summed E-state index contributed by atoms with van der Waals surface area (Å²) >= 11 is 0. The van der Waals surface area contributed by atoms with Crippen molar-refractivity contribution < 1.29 is 13.9 Å². The third-order valence-electron chi connectivity index (χ3n) is 6.88. The van der Waals surface area contributed by atoms with Gasteiger partial charge in [-0.15, -0.1) is 0 Å². The first-order valence-corrected chi connectivity index (χ1v) is 11.4. The van der Waals surface area contributed by atoms with Crippen LogP contribution in [0.15, 0.2) is 42.9 Å². The van der Waals surface area contributed by atoms with Gasteiger partial charge in [0.05, 0.1) is 18.3 Å². The number of carbonyl (C=O) groups excluding carboxylic acids is 1. The molecule has 8 nitrogen and oxygen atoms in total. The number of aryl methyl sites for hydroxylation is 2. The number of anilines is 1. The Hall–Kier alpha value is -3.62. The molecule has 1 saturated heterocycles. The van der Waals surface area contributed by atoms with E-state index in [4.69, 9.17) is 9.72 Å². The van der Waals surface area contributed by atoms with Crippen LogP contribution >= 0.6 is 0 Å². The van der Waals surface area contributed by atoms with Crippen molar-refractivity contribution in [2.45, 2.75) is 44.3 Å². The maximum atomic E-state index is 15.7. The lowest BCUT2D eigenvalue weighted by Crippen LogP contribution is -2.48. The molecule has 5 rings (SSSR count). The monoisotopic (exact) mass is 462 g/mol. The Balaban J connectivity index is 1.35. The Morgan fingerprint density at radius 3 is 2.76 bits per heavy atom. The number of carbonyl (C=O) groups is 1. The van der Waals surface area contributed by atoms with Gasteiger partial charge in [-0.3, -0.25) is 4.79 Å². The van der Waals surface area contributed by atoms with Crippen molar-refractivity contribution in [3.05, 3.63) is 59.7 Å². The van der Waals surface area contributed by atoms with Gasteiger partial charge in [0.1, 0.15) is 5.82 Å². The first kappa shape index (κ1) is 22.2. The highest BCUT2D eigenvalue weighted by Crippen LogP contribution is 2.39. The second kappa shape index (κ2) is 8.30. The summed E-state index contributed by atoms with van der Waals surface area (Å²) in [6, 6.07) is 6.87. The molecule has 2 aliphatic heterocycles. The van der Waals surface area contributed by atoms with Gasteiger partial charge in [0.25, 0.3) is 5.91 Å². The van der Waals surface area contributed by atoms with Crippen molar-refractivity contribution in [3.63, 3.8) is 0 Å². The van der Waals surface area contributed by atoms with Crippen LogP contribution in [0, 0.1) is 6.92 Å². The molecular weight excluding hydrogens is 435 g/mol. The van der Waals surface area contributed by atoms with Crippen molar-refractivity contribution in [3.8, 4) is 17.3 Å². The first-order chi connectivity index (χ1) is 16.3. The minimum Gasteiger partial charge on any atom is -0.481 e. The maximum absolute atomic E-state index is 15.7. The molecule has 9 heteroatoms. The number of hydrogen-bond donors (Lipinski definition) is 1. The third kappa shape index (κ3) is 3.85. The van der Waals surface area contributed by atoms with Crippen molar-refractivity contribution >= 4 is 11.7 Å². The first-order valence-electron chi connectivity index (χ1n) is 11.4. The number of fused-ring (bicyclic) bond motifs is 1. The van der Waals surface area contributed by atoms with Crippen LogP contribution in [0.25, 0.3) is 11.4 Å². The van der Waals surface area contributed by atoms with E-state index in [1.165, 1.54) is 32.4 Å². The van der Waals surface area contributed by atoms with Gasteiger partial charge in [-0.05, 0) is 56.9 Å². The number of amides is 1. The summed E-state index contributed by atoms with van der Waals surface area (Å²) in [6.45, 7) is 4.16. The molecule has 2 aliphatic rings. The number of aromatic nitrogens is 4. The van der Waals surface area contributed by atoms with Crippen LogP contribution in [0.4, 0.5) is 10.2 Å². The van der Waals surface area contributed by atoms with Crippen molar-refractivity contribution in [1.82, 2.24) is 24.8 Å². The molecule has 0 aliphatic carbocycles. The Morgan fingerprint density at radius 1 is 1.21 bits per heavy atom. The average Bonchev–Trinajstić information content (AvgIpc) is 3.26. The fourth-order valence-corrected chi connectivity index (χ4v) is 4.88. The molecule has 0 saturated carbocycles. The topological polar surface area (TPSA) is 93.1 Å². The molecule has 1 amide bonds. The van der Waals surface area contributed by atoms with Crippen LogP contribution in [0.2, 0.25) is 0 Å². The number of hydrogen-bond acceptors (Lipinski definition) is 7. The summed E-state index contributed by atoms with van der Waals surface area (Å²) in [5.41, 5.74) is 0.597. The minimum atomic E-state index is -2.17. The Morgan fingerprint density at radius 2 is 2.00 bits per heavy atom. The molecule has 34 heavy (non-hydrogen) atoms. The van der Waals surface area contributed by atoms with E-state index in [0.29, 0.717) is 18.9 Å². The number of likely N-dealkylation sites (tertiary alicyclic amines) is 1. The summed E-state index contributed by atoms with van der Waals surface area (Å²) in [4.78, 5) is 32.4. The summed E-state index contributed by atoms with van der Waals surface area (Å²) in [5, 5.41) is 3.59. The van der Waals surface area contributed by atoms with Crippen LogP contribution in [0.3, 0.4) is 0 Å². The number of pyridine rings is 2. The number of ether oxygens (including phenoxy) is 1. The van der Waals surface area contributed by atoms with Gasteiger partial charge in [-0.2, -0.15) is 0 Å². The highest BCUT2D eigenvalue weighted by Gasteiger charge is 2.47. The molecule has 2 atom stereocenters. The zero-order valence-electron chi connectivity index (χ0n) is 19.5. The average molecular weight is 463 g/mol. The summed E-state index contributed by atoms with van der Waals surface area (Å²) < 4.78 is 20.8. The smallest absolute Gasteiger partial charge is 0.264 e. The molecule has 0 bridgehead atoms. The standard InChI is InChI=1S/C25H27FN6O2/c1-16-19(22-28-9-4-10-29-22)13-17-5-7-25(31-21(17)30-16)8-12-32(15-25)23(33)24(2,26)18-6-11-27-20(14-18)34-3/h4,6,9-11,13-14H,5,7-8,12,15H2,1-3H3,(H,30,31)/t24?,25-/m0/s1. The third-order valence-corrected chi connectivity index (χ3v) is 6.88. The normalized spacial score (nSPS) is 21.0. The predicted octanol–water partition coefficient (Wildman–Crippen LogP) is 3.46. The van der Waals surface area contributed by atoms with E-state index in [0.717, 1.165) is 41.9 Å². The van der Waals surface area contributed by atoms with Crippen LogP contribution in [0.1, 0.15) is 36.6 Å². The second-order valence-corrected chi connectivity index (χ2v) is 9.17. The molecular formula is C25H27FN6O2. The van der Waals surface area contributed by atoms with E-state index < -0.39 is 11.6 Å². The number of nitrogens with one attached hydrogen (secondary N) is 1. The molecule has 176 valence electrons. The molecule has 1 spiro atoms. The Kier molecular flexibility index (Phi) is 5.42. The van der Waals surface area contributed by atoms with Gasteiger partial charge < -0.3 is 15.0 Å². The van der Waals surface area contributed by atoms with Gasteiger partial charge in [0.2, 0.25) is 11.5 Å². The van der Waals surface area contributed by atoms with Crippen molar-refractivity contribution in [1.29, 1.82) is 0 Å². The fraction of sp³-hybridized carbons (Fsp3) is 0.400. The van der Waals surface area contributed by atoms with Gasteiger partial charge in [-0.1, -0.05) is 0 Å². The molecule has 5 heterocycles. The minimum absolute atomic E-state index is 0.236. The Labute approximate surface area is 197 Å². The summed E-state index contributed by atoms with van der Waals surface area (Å²) in [7, 11) is 1.46. The summed E-state index contributed by atoms with van der Waals surface area (Å²) in [5.74, 6) is 1.20. The molecule has 0 radical (unpaired) electrons. The summed E-state index contributed by atoms with van der Waals surface area (Å²) in [6.07, 6.45) is 7.27.